The van der Waals surface area contributed by atoms with Gasteiger partial charge in [0.1, 0.15) is 11.6 Å². The molecule has 0 aliphatic carbocycles. The van der Waals surface area contributed by atoms with Crippen LogP contribution in [0.4, 0.5) is 5.82 Å². The summed E-state index contributed by atoms with van der Waals surface area (Å²) in [6.45, 7) is 3.78. The molecule has 0 unspecified atom stereocenters. The van der Waals surface area contributed by atoms with Crippen molar-refractivity contribution in [1.29, 1.82) is 0 Å². The van der Waals surface area contributed by atoms with Crippen LogP contribution in [0.15, 0.2) is 29.6 Å². The van der Waals surface area contributed by atoms with E-state index >= 15 is 0 Å². The predicted octanol–water partition coefficient (Wildman–Crippen LogP) is 1.48. The van der Waals surface area contributed by atoms with Crippen LogP contribution in [0.25, 0.3) is 0 Å². The predicted molar refractivity (Wildman–Crippen MR) is 67.7 cm³/mol. The SMILES string of the molecule is CCc1ncc(S(=O)(=O)Nc2ccc(C)cn2)[nH]1. The molecule has 0 fully saturated rings. The van der Waals surface area contributed by atoms with Crippen LogP contribution in [0.1, 0.15) is 18.3 Å². The van der Waals surface area contributed by atoms with E-state index in [0.29, 0.717) is 12.2 Å². The maximum Gasteiger partial charge on any atom is 0.280 e. The van der Waals surface area contributed by atoms with Crippen molar-refractivity contribution in [2.24, 2.45) is 0 Å². The lowest BCUT2D eigenvalue weighted by atomic mass is 10.3. The molecule has 0 saturated heterocycles. The van der Waals surface area contributed by atoms with Crippen LogP contribution in [0.5, 0.6) is 0 Å². The molecule has 2 rings (SSSR count). The zero-order valence-corrected chi connectivity index (χ0v) is 11.0. The molecule has 2 aromatic heterocycles. The number of aromatic amines is 1. The summed E-state index contributed by atoms with van der Waals surface area (Å²) < 4.78 is 26.4. The number of sulfonamides is 1. The smallest absolute Gasteiger partial charge is 0.280 e. The number of pyridine rings is 1. The van der Waals surface area contributed by atoms with Gasteiger partial charge in [-0.05, 0) is 18.6 Å². The lowest BCUT2D eigenvalue weighted by Crippen LogP contribution is -2.14. The molecule has 2 heterocycles. The third kappa shape index (κ3) is 2.67. The summed E-state index contributed by atoms with van der Waals surface area (Å²) in [5.74, 6) is 0.917. The first-order chi connectivity index (χ1) is 8.51. The molecule has 18 heavy (non-hydrogen) atoms. The molecule has 0 radical (unpaired) electrons. The molecule has 0 bridgehead atoms. The molecule has 2 aromatic rings. The molecular formula is C11H14N4O2S. The maximum atomic E-state index is 12.0. The number of aryl methyl sites for hydroxylation is 2. The van der Waals surface area contributed by atoms with E-state index in [2.05, 4.69) is 19.7 Å². The quantitative estimate of drug-likeness (QED) is 0.877. The van der Waals surface area contributed by atoms with E-state index in [1.165, 1.54) is 6.20 Å². The Hall–Kier alpha value is -1.89. The van der Waals surface area contributed by atoms with Gasteiger partial charge in [0, 0.05) is 12.6 Å². The molecule has 6 nitrogen and oxygen atoms in total. The number of hydrogen-bond acceptors (Lipinski definition) is 4. The van der Waals surface area contributed by atoms with Gasteiger partial charge in [-0.1, -0.05) is 13.0 Å². The summed E-state index contributed by atoms with van der Waals surface area (Å²) in [5, 5.41) is 0.0433. The molecule has 96 valence electrons. The van der Waals surface area contributed by atoms with Gasteiger partial charge in [0.25, 0.3) is 10.0 Å². The van der Waals surface area contributed by atoms with Gasteiger partial charge in [0.2, 0.25) is 0 Å². The molecule has 0 aliphatic heterocycles. The Labute approximate surface area is 106 Å². The Morgan fingerprint density at radius 2 is 2.06 bits per heavy atom. The van der Waals surface area contributed by atoms with Crippen molar-refractivity contribution in [1.82, 2.24) is 15.0 Å². The van der Waals surface area contributed by atoms with Crippen molar-refractivity contribution in [2.75, 3.05) is 4.72 Å². The first-order valence-electron chi connectivity index (χ1n) is 5.50. The number of nitrogens with zero attached hydrogens (tertiary/aromatic N) is 2. The van der Waals surface area contributed by atoms with E-state index in [1.54, 1.807) is 18.3 Å². The van der Waals surface area contributed by atoms with E-state index in [9.17, 15) is 8.42 Å². The van der Waals surface area contributed by atoms with Crippen molar-refractivity contribution >= 4 is 15.8 Å². The summed E-state index contributed by atoms with van der Waals surface area (Å²) in [5.41, 5.74) is 0.966. The molecule has 0 saturated carbocycles. The Morgan fingerprint density at radius 3 is 2.61 bits per heavy atom. The summed E-state index contributed by atoms with van der Waals surface area (Å²) in [6, 6.07) is 3.40. The number of nitrogens with one attached hydrogen (secondary N) is 2. The molecule has 0 aliphatic rings. The van der Waals surface area contributed by atoms with Crippen molar-refractivity contribution in [3.05, 3.63) is 35.9 Å². The van der Waals surface area contributed by atoms with Crippen LogP contribution in [0, 0.1) is 6.92 Å². The average Bonchev–Trinajstić information content (AvgIpc) is 2.81. The van der Waals surface area contributed by atoms with Crippen LogP contribution in [0.3, 0.4) is 0 Å². The van der Waals surface area contributed by atoms with Crippen molar-refractivity contribution in [2.45, 2.75) is 25.3 Å². The summed E-state index contributed by atoms with van der Waals surface area (Å²) in [4.78, 5) is 10.7. The topological polar surface area (TPSA) is 87.7 Å². The van der Waals surface area contributed by atoms with Crippen LogP contribution in [0.2, 0.25) is 0 Å². The van der Waals surface area contributed by atoms with Gasteiger partial charge < -0.3 is 4.98 Å². The molecule has 2 N–H and O–H groups in total. The highest BCUT2D eigenvalue weighted by Gasteiger charge is 2.17. The number of rotatable bonds is 4. The first-order valence-corrected chi connectivity index (χ1v) is 6.99. The monoisotopic (exact) mass is 266 g/mol. The number of hydrogen-bond donors (Lipinski definition) is 2. The Morgan fingerprint density at radius 1 is 1.28 bits per heavy atom. The van der Waals surface area contributed by atoms with Crippen molar-refractivity contribution in [3.63, 3.8) is 0 Å². The molecule has 7 heteroatoms. The lowest BCUT2D eigenvalue weighted by Gasteiger charge is -2.05. The van der Waals surface area contributed by atoms with Gasteiger partial charge in [0.05, 0.1) is 6.20 Å². The Kier molecular flexibility index (Phi) is 3.33. The third-order valence-corrected chi connectivity index (χ3v) is 3.64. The van der Waals surface area contributed by atoms with Crippen LogP contribution in [-0.2, 0) is 16.4 Å². The van der Waals surface area contributed by atoms with Gasteiger partial charge in [-0.15, -0.1) is 0 Å². The minimum Gasteiger partial charge on any atom is -0.332 e. The molecular weight excluding hydrogens is 252 g/mol. The minimum absolute atomic E-state index is 0.0433. The van der Waals surface area contributed by atoms with Crippen LogP contribution < -0.4 is 4.72 Å². The van der Waals surface area contributed by atoms with Gasteiger partial charge >= 0.3 is 0 Å². The van der Waals surface area contributed by atoms with Gasteiger partial charge in [-0.2, -0.15) is 8.42 Å². The van der Waals surface area contributed by atoms with E-state index in [-0.39, 0.29) is 10.8 Å². The minimum atomic E-state index is -3.65. The zero-order chi connectivity index (χ0) is 13.2. The summed E-state index contributed by atoms with van der Waals surface area (Å²) >= 11 is 0. The standard InChI is InChI=1S/C11H14N4O2S/c1-3-9-13-7-11(14-9)18(16,17)15-10-5-4-8(2)6-12-10/h4-7H,3H2,1-2H3,(H,12,15)(H,13,14). The van der Waals surface area contributed by atoms with Crippen LogP contribution >= 0.6 is 0 Å². The largest absolute Gasteiger partial charge is 0.332 e. The summed E-state index contributed by atoms with van der Waals surface area (Å²) in [7, 11) is -3.65. The number of H-pyrrole nitrogens is 1. The van der Waals surface area contributed by atoms with E-state index in [4.69, 9.17) is 0 Å². The fourth-order valence-corrected chi connectivity index (χ4v) is 2.33. The number of anilines is 1. The highest BCUT2D eigenvalue weighted by Crippen LogP contribution is 2.12. The first kappa shape index (κ1) is 12.6. The Bertz CT molecular complexity index is 631. The van der Waals surface area contributed by atoms with E-state index in [0.717, 1.165) is 5.56 Å². The summed E-state index contributed by atoms with van der Waals surface area (Å²) in [6.07, 6.45) is 3.55. The molecule has 0 atom stereocenters. The molecule has 0 aromatic carbocycles. The lowest BCUT2D eigenvalue weighted by molar-refractivity contribution is 0.597. The number of aromatic nitrogens is 3. The second-order valence-electron chi connectivity index (χ2n) is 3.87. The Balaban J connectivity index is 2.24. The number of imidazole rings is 1. The van der Waals surface area contributed by atoms with E-state index in [1.807, 2.05) is 13.8 Å². The van der Waals surface area contributed by atoms with Gasteiger partial charge in [0.15, 0.2) is 5.03 Å². The average molecular weight is 266 g/mol. The van der Waals surface area contributed by atoms with Crippen molar-refractivity contribution in [3.8, 4) is 0 Å². The maximum absolute atomic E-state index is 12.0. The second kappa shape index (κ2) is 4.77. The van der Waals surface area contributed by atoms with E-state index < -0.39 is 10.0 Å². The van der Waals surface area contributed by atoms with Crippen molar-refractivity contribution < 1.29 is 8.42 Å². The third-order valence-electron chi connectivity index (χ3n) is 2.38. The van der Waals surface area contributed by atoms with Gasteiger partial charge in [-0.3, -0.25) is 4.72 Å². The fraction of sp³-hybridized carbons (Fsp3) is 0.273. The fourth-order valence-electron chi connectivity index (χ4n) is 1.38. The highest BCUT2D eigenvalue weighted by molar-refractivity contribution is 7.92. The zero-order valence-electron chi connectivity index (χ0n) is 10.1. The van der Waals surface area contributed by atoms with Gasteiger partial charge in [-0.25, -0.2) is 9.97 Å². The normalized spacial score (nSPS) is 11.4. The highest BCUT2D eigenvalue weighted by atomic mass is 32.2. The van der Waals surface area contributed by atoms with Crippen LogP contribution in [-0.4, -0.2) is 23.4 Å². The molecule has 0 amide bonds. The molecule has 0 spiro atoms. The second-order valence-corrected chi connectivity index (χ2v) is 5.52.